The van der Waals surface area contributed by atoms with Crippen LogP contribution in [0.15, 0.2) is 12.3 Å². The average molecular weight is 330 g/mol. The van der Waals surface area contributed by atoms with E-state index in [1.54, 1.807) is 21.8 Å². The molecule has 1 aliphatic heterocycles. The zero-order valence-corrected chi connectivity index (χ0v) is 14.2. The van der Waals surface area contributed by atoms with Gasteiger partial charge in [-0.25, -0.2) is 0 Å². The molecule has 2 aromatic rings. The first-order chi connectivity index (χ1) is 11.5. The molecular formula is C16H22N6O2. The zero-order chi connectivity index (χ0) is 17.3. The first kappa shape index (κ1) is 16.2. The predicted octanol–water partition coefficient (Wildman–Crippen LogP) is 0.614. The topological polar surface area (TPSA) is 95.9 Å². The van der Waals surface area contributed by atoms with Crippen LogP contribution < -0.4 is 10.2 Å². The minimum Gasteiger partial charge on any atom is -0.344 e. The maximum atomic E-state index is 12.7. The number of piperidine rings is 1. The molecule has 3 rings (SSSR count). The molecule has 0 saturated carbocycles. The first-order valence-electron chi connectivity index (χ1n) is 8.06. The number of carbonyl (C=O) groups excluding carboxylic acids is 2. The summed E-state index contributed by atoms with van der Waals surface area (Å²) < 4.78 is 1.66. The SMILES string of the molecule is Cc1n[nH]c(C)c1CC(=O)NC1CCCN(c2ccn(C)n2)C1=O. The Morgan fingerprint density at radius 2 is 2.25 bits per heavy atom. The highest BCUT2D eigenvalue weighted by molar-refractivity contribution is 5.99. The summed E-state index contributed by atoms with van der Waals surface area (Å²) in [6.07, 6.45) is 3.51. The summed E-state index contributed by atoms with van der Waals surface area (Å²) in [4.78, 5) is 26.6. The van der Waals surface area contributed by atoms with Crippen LogP contribution in [0.4, 0.5) is 5.82 Å². The second kappa shape index (κ2) is 6.46. The molecule has 0 radical (unpaired) electrons. The molecule has 2 aromatic heterocycles. The second-order valence-corrected chi connectivity index (χ2v) is 6.19. The van der Waals surface area contributed by atoms with Crippen molar-refractivity contribution in [2.45, 2.75) is 39.2 Å². The fourth-order valence-corrected chi connectivity index (χ4v) is 3.02. The quantitative estimate of drug-likeness (QED) is 0.859. The van der Waals surface area contributed by atoms with Crippen LogP contribution >= 0.6 is 0 Å². The molecule has 3 heterocycles. The molecule has 1 fully saturated rings. The third-order valence-electron chi connectivity index (χ3n) is 4.37. The van der Waals surface area contributed by atoms with Crippen LogP contribution in [-0.4, -0.2) is 44.4 Å². The van der Waals surface area contributed by atoms with Gasteiger partial charge in [0.1, 0.15) is 6.04 Å². The second-order valence-electron chi connectivity index (χ2n) is 6.19. The Morgan fingerprint density at radius 3 is 2.88 bits per heavy atom. The molecule has 2 N–H and O–H groups in total. The lowest BCUT2D eigenvalue weighted by molar-refractivity contribution is -0.128. The van der Waals surface area contributed by atoms with Crippen molar-refractivity contribution in [3.8, 4) is 0 Å². The standard InChI is InChI=1S/C16H22N6O2/c1-10-12(11(2)19-18-10)9-15(23)17-13-5-4-7-22(16(13)24)14-6-8-21(3)20-14/h6,8,13H,4-5,7,9H2,1-3H3,(H,17,23)(H,18,19). The minimum atomic E-state index is -0.499. The lowest BCUT2D eigenvalue weighted by Gasteiger charge is -2.31. The van der Waals surface area contributed by atoms with Gasteiger partial charge in [0.15, 0.2) is 5.82 Å². The Hall–Kier alpha value is -2.64. The van der Waals surface area contributed by atoms with Gasteiger partial charge in [0.05, 0.1) is 12.1 Å². The molecule has 128 valence electrons. The van der Waals surface area contributed by atoms with Gasteiger partial charge in [-0.2, -0.15) is 10.2 Å². The van der Waals surface area contributed by atoms with Crippen LogP contribution in [0.2, 0.25) is 0 Å². The molecule has 1 saturated heterocycles. The largest absolute Gasteiger partial charge is 0.344 e. The Morgan fingerprint density at radius 1 is 1.46 bits per heavy atom. The van der Waals surface area contributed by atoms with Crippen molar-refractivity contribution in [2.75, 3.05) is 11.4 Å². The summed E-state index contributed by atoms with van der Waals surface area (Å²) in [7, 11) is 1.81. The molecule has 0 bridgehead atoms. The highest BCUT2D eigenvalue weighted by atomic mass is 16.2. The summed E-state index contributed by atoms with van der Waals surface area (Å²) in [6.45, 7) is 4.38. The van der Waals surface area contributed by atoms with Crippen LogP contribution in [0.5, 0.6) is 0 Å². The Labute approximate surface area is 140 Å². The molecule has 0 aromatic carbocycles. The fraction of sp³-hybridized carbons (Fsp3) is 0.500. The van der Waals surface area contributed by atoms with E-state index in [4.69, 9.17) is 0 Å². The number of hydrogen-bond donors (Lipinski definition) is 2. The smallest absolute Gasteiger partial charge is 0.250 e. The van der Waals surface area contributed by atoms with Crippen LogP contribution in [0.25, 0.3) is 0 Å². The van der Waals surface area contributed by atoms with Gasteiger partial charge < -0.3 is 5.32 Å². The third-order valence-corrected chi connectivity index (χ3v) is 4.37. The lowest BCUT2D eigenvalue weighted by atomic mass is 10.0. The van der Waals surface area contributed by atoms with E-state index < -0.39 is 6.04 Å². The van der Waals surface area contributed by atoms with Crippen LogP contribution in [0, 0.1) is 13.8 Å². The monoisotopic (exact) mass is 330 g/mol. The highest BCUT2D eigenvalue weighted by Crippen LogP contribution is 2.19. The molecule has 1 aliphatic rings. The summed E-state index contributed by atoms with van der Waals surface area (Å²) in [6, 6.07) is 1.31. The van der Waals surface area contributed by atoms with Crippen molar-refractivity contribution in [2.24, 2.45) is 7.05 Å². The number of nitrogens with zero attached hydrogens (tertiary/aromatic N) is 4. The van der Waals surface area contributed by atoms with Gasteiger partial charge in [-0.05, 0) is 26.7 Å². The molecule has 0 aliphatic carbocycles. The van der Waals surface area contributed by atoms with Gasteiger partial charge in [0, 0.05) is 37.1 Å². The summed E-state index contributed by atoms with van der Waals surface area (Å²) >= 11 is 0. The lowest BCUT2D eigenvalue weighted by Crippen LogP contribution is -2.53. The van der Waals surface area contributed by atoms with Crippen molar-refractivity contribution in [3.05, 3.63) is 29.2 Å². The van der Waals surface area contributed by atoms with Gasteiger partial charge >= 0.3 is 0 Å². The molecule has 1 atom stereocenters. The number of amides is 2. The van der Waals surface area contributed by atoms with Gasteiger partial charge in [-0.15, -0.1) is 0 Å². The molecule has 0 spiro atoms. The van der Waals surface area contributed by atoms with Crippen molar-refractivity contribution in [1.29, 1.82) is 0 Å². The Kier molecular flexibility index (Phi) is 4.37. The molecule has 1 unspecified atom stereocenters. The van der Waals surface area contributed by atoms with Crippen molar-refractivity contribution < 1.29 is 9.59 Å². The highest BCUT2D eigenvalue weighted by Gasteiger charge is 2.32. The van der Waals surface area contributed by atoms with Crippen molar-refractivity contribution in [1.82, 2.24) is 25.3 Å². The van der Waals surface area contributed by atoms with E-state index in [1.807, 2.05) is 20.9 Å². The molecule has 8 nitrogen and oxygen atoms in total. The van der Waals surface area contributed by atoms with E-state index in [2.05, 4.69) is 20.6 Å². The summed E-state index contributed by atoms with van der Waals surface area (Å²) in [5, 5.41) is 14.1. The summed E-state index contributed by atoms with van der Waals surface area (Å²) in [5.74, 6) is 0.362. The number of carbonyl (C=O) groups is 2. The van der Waals surface area contributed by atoms with Crippen LogP contribution in [-0.2, 0) is 23.1 Å². The Balaban J connectivity index is 1.66. The summed E-state index contributed by atoms with van der Waals surface area (Å²) in [5.41, 5.74) is 2.58. The fourth-order valence-electron chi connectivity index (χ4n) is 3.02. The predicted molar refractivity (Wildman–Crippen MR) is 88.5 cm³/mol. The van der Waals surface area contributed by atoms with Gasteiger partial charge in [-0.3, -0.25) is 24.3 Å². The normalized spacial score (nSPS) is 18.0. The Bertz CT molecular complexity index is 743. The minimum absolute atomic E-state index is 0.103. The molecule has 24 heavy (non-hydrogen) atoms. The van der Waals surface area contributed by atoms with E-state index in [0.717, 1.165) is 23.4 Å². The number of aryl methyl sites for hydroxylation is 3. The van der Waals surface area contributed by atoms with E-state index in [9.17, 15) is 9.59 Å². The number of hydrogen-bond acceptors (Lipinski definition) is 4. The van der Waals surface area contributed by atoms with Crippen molar-refractivity contribution in [3.63, 3.8) is 0 Å². The van der Waals surface area contributed by atoms with E-state index in [-0.39, 0.29) is 18.2 Å². The number of H-pyrrole nitrogens is 1. The maximum Gasteiger partial charge on any atom is 0.250 e. The number of aromatic nitrogens is 4. The first-order valence-corrected chi connectivity index (χ1v) is 8.06. The molecular weight excluding hydrogens is 308 g/mol. The van der Waals surface area contributed by atoms with E-state index in [1.165, 1.54) is 0 Å². The zero-order valence-electron chi connectivity index (χ0n) is 14.2. The molecule has 2 amide bonds. The van der Waals surface area contributed by atoms with Gasteiger partial charge in [0.25, 0.3) is 5.91 Å². The van der Waals surface area contributed by atoms with Gasteiger partial charge in [-0.1, -0.05) is 0 Å². The average Bonchev–Trinajstić information content (AvgIpc) is 3.10. The van der Waals surface area contributed by atoms with Crippen LogP contribution in [0.3, 0.4) is 0 Å². The van der Waals surface area contributed by atoms with E-state index in [0.29, 0.717) is 18.8 Å². The maximum absolute atomic E-state index is 12.7. The number of anilines is 1. The number of nitrogens with one attached hydrogen (secondary N) is 2. The van der Waals surface area contributed by atoms with Crippen LogP contribution in [0.1, 0.15) is 29.8 Å². The van der Waals surface area contributed by atoms with E-state index >= 15 is 0 Å². The number of rotatable bonds is 4. The number of aromatic amines is 1. The molecule has 8 heteroatoms. The van der Waals surface area contributed by atoms with Gasteiger partial charge in [0.2, 0.25) is 5.91 Å². The third kappa shape index (κ3) is 3.17. The van der Waals surface area contributed by atoms with Crippen molar-refractivity contribution >= 4 is 17.6 Å².